The Labute approximate surface area is 121 Å². The van der Waals surface area contributed by atoms with E-state index in [1.165, 1.54) is 23.5 Å². The molecule has 0 aliphatic heterocycles. The highest BCUT2D eigenvalue weighted by molar-refractivity contribution is 7.10. The number of methoxy groups -OCH3 is 1. The second-order valence-electron chi connectivity index (χ2n) is 4.50. The number of thiophene rings is 1. The van der Waals surface area contributed by atoms with Crippen molar-refractivity contribution < 1.29 is 13.5 Å². The lowest BCUT2D eigenvalue weighted by molar-refractivity contribution is 0.416. The Morgan fingerprint density at radius 2 is 2.00 bits per heavy atom. The van der Waals surface area contributed by atoms with Crippen molar-refractivity contribution >= 4 is 11.3 Å². The zero-order valence-corrected chi connectivity index (χ0v) is 12.5. The molecule has 1 aromatic heterocycles. The Hall–Kier alpha value is -1.46. The van der Waals surface area contributed by atoms with Crippen LogP contribution in [0.4, 0.5) is 8.78 Å². The molecule has 0 radical (unpaired) electrons. The molecular formula is C15H17F2NOS. The van der Waals surface area contributed by atoms with E-state index in [0.717, 1.165) is 10.6 Å². The van der Waals surface area contributed by atoms with Crippen LogP contribution in [0.1, 0.15) is 29.0 Å². The Balaban J connectivity index is 2.45. The van der Waals surface area contributed by atoms with E-state index in [9.17, 15) is 8.78 Å². The molecule has 1 aromatic carbocycles. The van der Waals surface area contributed by atoms with Crippen molar-refractivity contribution in [3.8, 4) is 5.75 Å². The lowest BCUT2D eigenvalue weighted by Gasteiger charge is -2.18. The van der Waals surface area contributed by atoms with Crippen LogP contribution in [0.3, 0.4) is 0 Å². The second kappa shape index (κ2) is 6.33. The predicted molar refractivity (Wildman–Crippen MR) is 77.5 cm³/mol. The van der Waals surface area contributed by atoms with E-state index < -0.39 is 11.6 Å². The summed E-state index contributed by atoms with van der Waals surface area (Å²) in [5.74, 6) is -0.0732. The fraction of sp³-hybridized carbons (Fsp3) is 0.333. The van der Waals surface area contributed by atoms with Crippen LogP contribution in [0.5, 0.6) is 5.75 Å². The molecule has 1 atom stereocenters. The topological polar surface area (TPSA) is 21.3 Å². The van der Waals surface area contributed by atoms with Crippen LogP contribution < -0.4 is 10.1 Å². The van der Waals surface area contributed by atoms with Crippen LogP contribution in [-0.4, -0.2) is 13.7 Å². The monoisotopic (exact) mass is 297 g/mol. The Morgan fingerprint density at radius 1 is 1.25 bits per heavy atom. The average molecular weight is 297 g/mol. The van der Waals surface area contributed by atoms with Gasteiger partial charge in [-0.25, -0.2) is 8.78 Å². The smallest absolute Gasteiger partial charge is 0.129 e. The van der Waals surface area contributed by atoms with Crippen molar-refractivity contribution in [1.29, 1.82) is 0 Å². The first kappa shape index (κ1) is 14.9. The second-order valence-corrected chi connectivity index (χ2v) is 5.45. The molecule has 2 rings (SSSR count). The van der Waals surface area contributed by atoms with Gasteiger partial charge < -0.3 is 10.1 Å². The molecule has 0 aliphatic rings. The van der Waals surface area contributed by atoms with Gasteiger partial charge in [-0.05, 0) is 37.2 Å². The minimum atomic E-state index is -0.401. The van der Waals surface area contributed by atoms with Gasteiger partial charge in [-0.15, -0.1) is 11.3 Å². The predicted octanol–water partition coefficient (Wildman–Crippen LogP) is 4.04. The summed E-state index contributed by atoms with van der Waals surface area (Å²) in [5, 5.41) is 5.04. The standard InChI is InChI=1S/C15H17F2NOS/c1-4-18-15(14-6-10(19-3)8-20-14)11-7-12(16)9(2)5-13(11)17/h5-8,15,18H,4H2,1-3H3. The summed E-state index contributed by atoms with van der Waals surface area (Å²) in [4.78, 5) is 0.894. The molecule has 2 nitrogen and oxygen atoms in total. The van der Waals surface area contributed by atoms with Gasteiger partial charge >= 0.3 is 0 Å². The normalized spacial score (nSPS) is 12.4. The van der Waals surface area contributed by atoms with Gasteiger partial charge in [-0.2, -0.15) is 0 Å². The van der Waals surface area contributed by atoms with E-state index in [4.69, 9.17) is 4.74 Å². The van der Waals surface area contributed by atoms with E-state index >= 15 is 0 Å². The highest BCUT2D eigenvalue weighted by atomic mass is 32.1. The summed E-state index contributed by atoms with van der Waals surface area (Å²) >= 11 is 1.46. The lowest BCUT2D eigenvalue weighted by Crippen LogP contribution is -2.22. The number of rotatable bonds is 5. The summed E-state index contributed by atoms with van der Waals surface area (Å²) in [5.41, 5.74) is 0.629. The maximum Gasteiger partial charge on any atom is 0.129 e. The number of halogens is 2. The van der Waals surface area contributed by atoms with Crippen LogP contribution >= 0.6 is 11.3 Å². The first-order valence-corrected chi connectivity index (χ1v) is 7.26. The van der Waals surface area contributed by atoms with E-state index in [2.05, 4.69) is 5.32 Å². The number of hydrogen-bond acceptors (Lipinski definition) is 3. The third kappa shape index (κ3) is 2.99. The molecule has 1 unspecified atom stereocenters. The number of ether oxygens (including phenoxy) is 1. The molecule has 108 valence electrons. The van der Waals surface area contributed by atoms with Gasteiger partial charge in [0.25, 0.3) is 0 Å². The Kier molecular flexibility index (Phi) is 4.73. The van der Waals surface area contributed by atoms with Crippen molar-refractivity contribution in [3.63, 3.8) is 0 Å². The van der Waals surface area contributed by atoms with Crippen LogP contribution in [0.25, 0.3) is 0 Å². The average Bonchev–Trinajstić information content (AvgIpc) is 2.89. The van der Waals surface area contributed by atoms with Crippen molar-refractivity contribution in [2.45, 2.75) is 19.9 Å². The molecule has 20 heavy (non-hydrogen) atoms. The van der Waals surface area contributed by atoms with Crippen LogP contribution in [0.15, 0.2) is 23.6 Å². The van der Waals surface area contributed by atoms with E-state index in [1.54, 1.807) is 14.0 Å². The van der Waals surface area contributed by atoms with Gasteiger partial charge in [0.05, 0.1) is 13.2 Å². The van der Waals surface area contributed by atoms with Crippen LogP contribution in [-0.2, 0) is 0 Å². The van der Waals surface area contributed by atoms with Gasteiger partial charge in [-0.1, -0.05) is 6.92 Å². The fourth-order valence-corrected chi connectivity index (χ4v) is 2.99. The van der Waals surface area contributed by atoms with Crippen molar-refractivity contribution in [2.24, 2.45) is 0 Å². The largest absolute Gasteiger partial charge is 0.496 e. The summed E-state index contributed by atoms with van der Waals surface area (Å²) in [6, 6.07) is 3.98. The SMILES string of the molecule is CCNC(c1cc(OC)cs1)c1cc(F)c(C)cc1F. The lowest BCUT2D eigenvalue weighted by atomic mass is 10.0. The highest BCUT2D eigenvalue weighted by Gasteiger charge is 2.20. The zero-order chi connectivity index (χ0) is 14.7. The zero-order valence-electron chi connectivity index (χ0n) is 11.7. The molecule has 0 aliphatic carbocycles. The van der Waals surface area contributed by atoms with Crippen molar-refractivity contribution in [3.05, 3.63) is 51.2 Å². The quantitative estimate of drug-likeness (QED) is 0.899. The van der Waals surface area contributed by atoms with Gasteiger partial charge in [0.1, 0.15) is 17.4 Å². The number of benzene rings is 1. The molecule has 1 N–H and O–H groups in total. The van der Waals surface area contributed by atoms with Gasteiger partial charge in [0.2, 0.25) is 0 Å². The first-order valence-electron chi connectivity index (χ1n) is 6.38. The third-order valence-electron chi connectivity index (χ3n) is 3.11. The van der Waals surface area contributed by atoms with Crippen molar-refractivity contribution in [2.75, 3.05) is 13.7 Å². The molecular weight excluding hydrogens is 280 g/mol. The maximum atomic E-state index is 14.1. The van der Waals surface area contributed by atoms with Crippen molar-refractivity contribution in [1.82, 2.24) is 5.32 Å². The first-order chi connectivity index (χ1) is 9.56. The molecule has 0 saturated carbocycles. The molecule has 0 fully saturated rings. The van der Waals surface area contributed by atoms with Gasteiger partial charge in [0.15, 0.2) is 0 Å². The summed E-state index contributed by atoms with van der Waals surface area (Å²) in [6.45, 7) is 4.14. The number of hydrogen-bond donors (Lipinski definition) is 1. The minimum absolute atomic E-state index is 0.310. The number of nitrogens with one attached hydrogen (secondary N) is 1. The van der Waals surface area contributed by atoms with Gasteiger partial charge in [0, 0.05) is 15.8 Å². The number of aryl methyl sites for hydroxylation is 1. The van der Waals surface area contributed by atoms with E-state index in [-0.39, 0.29) is 6.04 Å². The molecule has 0 spiro atoms. The summed E-state index contributed by atoms with van der Waals surface area (Å²) < 4.78 is 33.0. The molecule has 0 bridgehead atoms. The molecule has 0 saturated heterocycles. The van der Waals surface area contributed by atoms with Gasteiger partial charge in [-0.3, -0.25) is 0 Å². The minimum Gasteiger partial charge on any atom is -0.496 e. The third-order valence-corrected chi connectivity index (χ3v) is 4.09. The molecule has 2 aromatic rings. The summed E-state index contributed by atoms with van der Waals surface area (Å²) in [7, 11) is 1.58. The van der Waals surface area contributed by atoms with Crippen LogP contribution in [0, 0.1) is 18.6 Å². The highest BCUT2D eigenvalue weighted by Crippen LogP contribution is 2.33. The molecule has 1 heterocycles. The van der Waals surface area contributed by atoms with E-state index in [0.29, 0.717) is 17.7 Å². The summed E-state index contributed by atoms with van der Waals surface area (Å²) in [6.07, 6.45) is 0. The Bertz CT molecular complexity index is 598. The molecule has 0 amide bonds. The van der Waals surface area contributed by atoms with E-state index in [1.807, 2.05) is 18.4 Å². The van der Waals surface area contributed by atoms with Crippen LogP contribution in [0.2, 0.25) is 0 Å². The molecule has 5 heteroatoms. The fourth-order valence-electron chi connectivity index (χ4n) is 2.04. The maximum absolute atomic E-state index is 14.1. The Morgan fingerprint density at radius 3 is 2.60 bits per heavy atom.